The summed E-state index contributed by atoms with van der Waals surface area (Å²) in [7, 11) is 0. The molecule has 0 amide bonds. The van der Waals surface area contributed by atoms with Crippen LogP contribution in [0.2, 0.25) is 0 Å². The van der Waals surface area contributed by atoms with Gasteiger partial charge in [0, 0.05) is 0 Å². The van der Waals surface area contributed by atoms with Crippen LogP contribution in [0, 0.1) is 5.41 Å². The second kappa shape index (κ2) is 5.00. The second-order valence-electron chi connectivity index (χ2n) is 4.41. The lowest BCUT2D eigenvalue weighted by Crippen LogP contribution is -2.14. The fourth-order valence-electron chi connectivity index (χ4n) is 0.725. The van der Waals surface area contributed by atoms with E-state index in [9.17, 15) is 9.59 Å². The summed E-state index contributed by atoms with van der Waals surface area (Å²) in [5, 5.41) is 0. The number of ether oxygens (including phenoxy) is 1. The van der Waals surface area contributed by atoms with Gasteiger partial charge in [-0.2, -0.15) is 0 Å². The molecular formula is C10H18O3. The molecule has 0 bridgehead atoms. The first-order valence-corrected chi connectivity index (χ1v) is 4.46. The lowest BCUT2D eigenvalue weighted by Gasteiger charge is -2.17. The van der Waals surface area contributed by atoms with Gasteiger partial charge >= 0.3 is 5.97 Å². The lowest BCUT2D eigenvalue weighted by molar-refractivity contribution is -0.146. The van der Waals surface area contributed by atoms with Gasteiger partial charge in [-0.15, -0.1) is 0 Å². The predicted octanol–water partition coefficient (Wildman–Crippen LogP) is 1.94. The van der Waals surface area contributed by atoms with Crippen molar-refractivity contribution in [1.29, 1.82) is 0 Å². The highest BCUT2D eigenvalue weighted by molar-refractivity contribution is 5.94. The van der Waals surface area contributed by atoms with Crippen molar-refractivity contribution in [2.75, 3.05) is 6.61 Å². The molecule has 0 aromatic carbocycles. The van der Waals surface area contributed by atoms with E-state index < -0.39 is 5.97 Å². The number of esters is 1. The van der Waals surface area contributed by atoms with Crippen molar-refractivity contribution in [1.82, 2.24) is 0 Å². The molecule has 13 heavy (non-hydrogen) atoms. The molecule has 0 radical (unpaired) electrons. The van der Waals surface area contributed by atoms with Gasteiger partial charge in [0.15, 0.2) is 0 Å². The van der Waals surface area contributed by atoms with Crippen LogP contribution in [0.1, 0.15) is 40.5 Å². The average molecular weight is 186 g/mol. The fraction of sp³-hybridized carbons (Fsp3) is 0.800. The van der Waals surface area contributed by atoms with Gasteiger partial charge in [-0.1, -0.05) is 20.8 Å². The van der Waals surface area contributed by atoms with Crippen LogP contribution in [0.3, 0.4) is 0 Å². The normalized spacial score (nSPS) is 11.1. The van der Waals surface area contributed by atoms with Crippen molar-refractivity contribution in [3.63, 3.8) is 0 Å². The summed E-state index contributed by atoms with van der Waals surface area (Å²) in [5.41, 5.74) is 0.163. The minimum atomic E-state index is -0.420. The van der Waals surface area contributed by atoms with Gasteiger partial charge in [0.25, 0.3) is 0 Å². The van der Waals surface area contributed by atoms with E-state index in [-0.39, 0.29) is 17.6 Å². The predicted molar refractivity (Wildman–Crippen MR) is 50.3 cm³/mol. The summed E-state index contributed by atoms with van der Waals surface area (Å²) < 4.78 is 4.87. The Balaban J connectivity index is 3.54. The van der Waals surface area contributed by atoms with Gasteiger partial charge in [-0.05, 0) is 18.8 Å². The molecule has 0 heterocycles. The minimum absolute atomic E-state index is 0.107. The van der Waals surface area contributed by atoms with Crippen LogP contribution in [-0.4, -0.2) is 18.4 Å². The van der Waals surface area contributed by atoms with E-state index in [0.717, 1.165) is 6.42 Å². The molecule has 0 fully saturated rings. The molecule has 3 nitrogen and oxygen atoms in total. The molecule has 0 aliphatic rings. The van der Waals surface area contributed by atoms with Crippen molar-refractivity contribution in [2.45, 2.75) is 40.5 Å². The molecule has 0 aromatic rings. The molecule has 0 rings (SSSR count). The third-order valence-corrected chi connectivity index (χ3v) is 1.51. The number of rotatable bonds is 4. The number of Topliss-reactive ketones (excluding diaryl/α,β-unsaturated/α-hetero) is 1. The van der Waals surface area contributed by atoms with E-state index in [4.69, 9.17) is 4.74 Å². The monoisotopic (exact) mass is 186 g/mol. The first-order chi connectivity index (χ1) is 5.81. The number of carbonyl (C=O) groups is 2. The van der Waals surface area contributed by atoms with E-state index in [1.807, 2.05) is 0 Å². The second-order valence-corrected chi connectivity index (χ2v) is 4.41. The average Bonchev–Trinajstić information content (AvgIpc) is 1.81. The number of hydrogen-bond acceptors (Lipinski definition) is 3. The molecule has 0 spiro atoms. The van der Waals surface area contributed by atoms with Crippen LogP contribution in [0.4, 0.5) is 0 Å². The van der Waals surface area contributed by atoms with Crippen LogP contribution < -0.4 is 0 Å². The number of ketones is 1. The summed E-state index contributed by atoms with van der Waals surface area (Å²) in [6, 6.07) is 0. The Hall–Kier alpha value is -0.860. The minimum Gasteiger partial charge on any atom is -0.465 e. The quantitative estimate of drug-likeness (QED) is 0.498. The van der Waals surface area contributed by atoms with Gasteiger partial charge in [-0.25, -0.2) is 0 Å². The van der Waals surface area contributed by atoms with Crippen LogP contribution in [0.15, 0.2) is 0 Å². The van der Waals surface area contributed by atoms with Gasteiger partial charge in [-0.3, -0.25) is 9.59 Å². The Bertz CT molecular complexity index is 189. The third kappa shape index (κ3) is 9.05. The smallest absolute Gasteiger partial charge is 0.313 e. The summed E-state index contributed by atoms with van der Waals surface area (Å²) >= 11 is 0. The summed E-state index contributed by atoms with van der Waals surface area (Å²) in [5.74, 6) is -0.572. The SMILES string of the molecule is CC(=O)CC(=O)OCCC(C)(C)C. The number of hydrogen-bond donors (Lipinski definition) is 0. The first kappa shape index (κ1) is 12.1. The first-order valence-electron chi connectivity index (χ1n) is 4.46. The maximum Gasteiger partial charge on any atom is 0.313 e. The fourth-order valence-corrected chi connectivity index (χ4v) is 0.725. The summed E-state index contributed by atoms with van der Waals surface area (Å²) in [4.78, 5) is 21.4. The molecule has 0 saturated heterocycles. The van der Waals surface area contributed by atoms with Crippen molar-refractivity contribution in [3.05, 3.63) is 0 Å². The van der Waals surface area contributed by atoms with Crippen molar-refractivity contribution >= 4 is 11.8 Å². The molecular weight excluding hydrogens is 168 g/mol. The molecule has 0 unspecified atom stereocenters. The van der Waals surface area contributed by atoms with Gasteiger partial charge in [0.2, 0.25) is 0 Å². The highest BCUT2D eigenvalue weighted by atomic mass is 16.5. The molecule has 3 heteroatoms. The largest absolute Gasteiger partial charge is 0.465 e. The van der Waals surface area contributed by atoms with E-state index in [0.29, 0.717) is 6.61 Å². The van der Waals surface area contributed by atoms with Crippen molar-refractivity contribution in [2.24, 2.45) is 5.41 Å². The zero-order chi connectivity index (χ0) is 10.5. The zero-order valence-electron chi connectivity index (χ0n) is 8.85. The van der Waals surface area contributed by atoms with Crippen LogP contribution in [0.25, 0.3) is 0 Å². The highest BCUT2D eigenvalue weighted by Crippen LogP contribution is 2.17. The maximum absolute atomic E-state index is 10.9. The molecule has 76 valence electrons. The van der Waals surface area contributed by atoms with Gasteiger partial charge in [0.1, 0.15) is 12.2 Å². The lowest BCUT2D eigenvalue weighted by atomic mass is 9.93. The van der Waals surface area contributed by atoms with Gasteiger partial charge < -0.3 is 4.74 Å². The van der Waals surface area contributed by atoms with Gasteiger partial charge in [0.05, 0.1) is 6.61 Å². The maximum atomic E-state index is 10.9. The topological polar surface area (TPSA) is 43.4 Å². The number of carbonyl (C=O) groups excluding carboxylic acids is 2. The molecule has 0 aromatic heterocycles. The van der Waals surface area contributed by atoms with Crippen molar-refractivity contribution in [3.8, 4) is 0 Å². The van der Waals surface area contributed by atoms with E-state index in [2.05, 4.69) is 20.8 Å². The third-order valence-electron chi connectivity index (χ3n) is 1.51. The Morgan fingerprint density at radius 2 is 1.77 bits per heavy atom. The summed E-state index contributed by atoms with van der Waals surface area (Å²) in [6.07, 6.45) is 0.709. The molecule has 0 atom stereocenters. The Labute approximate surface area is 79.5 Å². The standard InChI is InChI=1S/C10H18O3/c1-8(11)7-9(12)13-6-5-10(2,3)4/h5-7H2,1-4H3. The molecule has 0 N–H and O–H groups in total. The van der Waals surface area contributed by atoms with Crippen LogP contribution in [-0.2, 0) is 14.3 Å². The molecule has 0 saturated carbocycles. The van der Waals surface area contributed by atoms with E-state index in [1.165, 1.54) is 6.92 Å². The Morgan fingerprint density at radius 1 is 1.23 bits per heavy atom. The highest BCUT2D eigenvalue weighted by Gasteiger charge is 2.12. The van der Waals surface area contributed by atoms with E-state index >= 15 is 0 Å². The Morgan fingerprint density at radius 3 is 2.15 bits per heavy atom. The zero-order valence-corrected chi connectivity index (χ0v) is 8.85. The van der Waals surface area contributed by atoms with Crippen molar-refractivity contribution < 1.29 is 14.3 Å². The van der Waals surface area contributed by atoms with E-state index in [1.54, 1.807) is 0 Å². The van der Waals surface area contributed by atoms with Crippen LogP contribution >= 0.6 is 0 Å². The Kier molecular flexibility index (Phi) is 4.67. The summed E-state index contributed by atoms with van der Waals surface area (Å²) in [6.45, 7) is 8.00. The molecule has 0 aliphatic carbocycles. The van der Waals surface area contributed by atoms with Crippen LogP contribution in [0.5, 0.6) is 0 Å². The molecule has 0 aliphatic heterocycles.